The van der Waals surface area contributed by atoms with Gasteiger partial charge < -0.3 is 5.11 Å². The lowest BCUT2D eigenvalue weighted by Crippen LogP contribution is -2.34. The molecule has 0 amide bonds. The summed E-state index contributed by atoms with van der Waals surface area (Å²) in [7, 11) is -1.99. The topological polar surface area (TPSA) is 37.3 Å². The largest absolute Gasteiger partial charge is 0.481 e. The summed E-state index contributed by atoms with van der Waals surface area (Å²) in [5.41, 5.74) is 0. The molecule has 1 N–H and O–H groups in total. The van der Waals surface area contributed by atoms with E-state index in [9.17, 15) is 9.90 Å². The molecule has 0 aliphatic rings. The SMILES string of the molecule is Cl.Cl.O=C(O)CC[P+](c1ccccc1)(c1ccccc1)c1ccccc1. The molecule has 3 aromatic rings. The highest BCUT2D eigenvalue weighted by Gasteiger charge is 2.45. The van der Waals surface area contributed by atoms with Crippen molar-refractivity contribution in [3.05, 3.63) is 91.0 Å². The van der Waals surface area contributed by atoms with Crippen LogP contribution in [-0.4, -0.2) is 17.2 Å². The normalized spacial score (nSPS) is 10.3. The van der Waals surface area contributed by atoms with Gasteiger partial charge in [0.05, 0.1) is 12.6 Å². The molecular formula is C21H22Cl2O2P+. The van der Waals surface area contributed by atoms with E-state index in [0.29, 0.717) is 6.16 Å². The highest BCUT2D eigenvalue weighted by Crippen LogP contribution is 2.55. The fourth-order valence-electron chi connectivity index (χ4n) is 3.15. The van der Waals surface area contributed by atoms with Gasteiger partial charge in [-0.3, -0.25) is 4.79 Å². The fourth-order valence-corrected chi connectivity index (χ4v) is 7.38. The molecule has 26 heavy (non-hydrogen) atoms. The Bertz CT molecular complexity index is 699. The molecule has 0 saturated heterocycles. The molecule has 3 rings (SSSR count). The minimum absolute atomic E-state index is 0. The number of carbonyl (C=O) groups is 1. The maximum absolute atomic E-state index is 11.4. The zero-order valence-corrected chi connectivity index (χ0v) is 16.7. The van der Waals surface area contributed by atoms with E-state index in [0.717, 1.165) is 0 Å². The van der Waals surface area contributed by atoms with Crippen molar-refractivity contribution in [1.29, 1.82) is 0 Å². The monoisotopic (exact) mass is 407 g/mol. The van der Waals surface area contributed by atoms with Crippen molar-refractivity contribution in [2.45, 2.75) is 6.42 Å². The Morgan fingerprint density at radius 3 is 1.23 bits per heavy atom. The standard InChI is InChI=1S/C21H19O2P.2ClH/c22-21(23)16-17-24(18-10-4-1-5-11-18,19-12-6-2-7-13-19)20-14-8-3-9-15-20;;/h1-15H,16-17H2;2*1H/p+1. The Morgan fingerprint density at radius 2 is 0.962 bits per heavy atom. The first-order valence-corrected chi connectivity index (χ1v) is 9.97. The van der Waals surface area contributed by atoms with Crippen LogP contribution < -0.4 is 15.9 Å². The van der Waals surface area contributed by atoms with Crippen molar-refractivity contribution in [1.82, 2.24) is 0 Å². The number of carboxylic acids is 1. The van der Waals surface area contributed by atoms with Crippen LogP contribution in [0.2, 0.25) is 0 Å². The summed E-state index contributed by atoms with van der Waals surface area (Å²) < 4.78 is 0. The van der Waals surface area contributed by atoms with Crippen LogP contribution in [0, 0.1) is 0 Å². The molecule has 0 radical (unpaired) electrons. The van der Waals surface area contributed by atoms with Crippen molar-refractivity contribution >= 4 is 54.0 Å². The van der Waals surface area contributed by atoms with Gasteiger partial charge >= 0.3 is 5.97 Å². The number of benzene rings is 3. The summed E-state index contributed by atoms with van der Waals surface area (Å²) in [5, 5.41) is 13.0. The van der Waals surface area contributed by atoms with Crippen molar-refractivity contribution in [3.63, 3.8) is 0 Å². The predicted molar refractivity (Wildman–Crippen MR) is 117 cm³/mol. The third-order valence-electron chi connectivity index (χ3n) is 4.25. The summed E-state index contributed by atoms with van der Waals surface area (Å²) in [5.74, 6) is -0.748. The fraction of sp³-hybridized carbons (Fsp3) is 0.0952. The summed E-state index contributed by atoms with van der Waals surface area (Å²) in [6.07, 6.45) is 0.785. The first kappa shape index (κ1) is 22.2. The Kier molecular flexibility index (Phi) is 8.81. The molecule has 0 unspecified atom stereocenters. The molecule has 0 bridgehead atoms. The second-order valence-electron chi connectivity index (χ2n) is 5.68. The third kappa shape index (κ3) is 4.65. The van der Waals surface area contributed by atoms with Crippen molar-refractivity contribution in [3.8, 4) is 0 Å². The van der Waals surface area contributed by atoms with Gasteiger partial charge in [-0.2, -0.15) is 0 Å². The molecule has 0 atom stereocenters. The maximum Gasteiger partial charge on any atom is 0.307 e. The van der Waals surface area contributed by atoms with E-state index >= 15 is 0 Å². The number of carboxylic acid groups (broad SMARTS) is 1. The van der Waals surface area contributed by atoms with Gasteiger partial charge in [0, 0.05) is 0 Å². The van der Waals surface area contributed by atoms with E-state index in [1.54, 1.807) is 0 Å². The molecule has 3 aromatic carbocycles. The Hall–Kier alpha value is -1.86. The van der Waals surface area contributed by atoms with Gasteiger partial charge in [0.15, 0.2) is 0 Å². The first-order chi connectivity index (χ1) is 11.7. The molecule has 136 valence electrons. The quantitative estimate of drug-likeness (QED) is 0.618. The molecule has 0 aromatic heterocycles. The highest BCUT2D eigenvalue weighted by atomic mass is 35.5. The lowest BCUT2D eigenvalue weighted by atomic mass is 10.4. The van der Waals surface area contributed by atoms with Gasteiger partial charge in [-0.15, -0.1) is 24.8 Å². The second-order valence-corrected chi connectivity index (χ2v) is 9.30. The van der Waals surface area contributed by atoms with Gasteiger partial charge in [-0.05, 0) is 36.4 Å². The average molecular weight is 408 g/mol. The second kappa shape index (κ2) is 10.3. The number of hydrogen-bond acceptors (Lipinski definition) is 1. The van der Waals surface area contributed by atoms with Crippen LogP contribution in [0.1, 0.15) is 6.42 Å². The molecule has 0 fully saturated rings. The van der Waals surface area contributed by atoms with Crippen molar-refractivity contribution < 1.29 is 9.90 Å². The minimum Gasteiger partial charge on any atom is -0.481 e. The summed E-state index contributed by atoms with van der Waals surface area (Å²) >= 11 is 0. The van der Waals surface area contributed by atoms with Gasteiger partial charge in [-0.25, -0.2) is 0 Å². The molecule has 5 heteroatoms. The van der Waals surface area contributed by atoms with E-state index in [1.807, 2.05) is 54.6 Å². The van der Waals surface area contributed by atoms with E-state index < -0.39 is 13.2 Å². The van der Waals surface area contributed by atoms with Gasteiger partial charge in [0.25, 0.3) is 0 Å². The van der Waals surface area contributed by atoms with Crippen molar-refractivity contribution in [2.75, 3.05) is 6.16 Å². The predicted octanol–water partition coefficient (Wildman–Crippen LogP) is 4.30. The molecular weight excluding hydrogens is 386 g/mol. The molecule has 0 saturated carbocycles. The third-order valence-corrected chi connectivity index (χ3v) is 8.69. The van der Waals surface area contributed by atoms with Crippen LogP contribution >= 0.6 is 32.1 Å². The highest BCUT2D eigenvalue weighted by molar-refractivity contribution is 7.95. The van der Waals surface area contributed by atoms with Crippen LogP contribution in [0.3, 0.4) is 0 Å². The van der Waals surface area contributed by atoms with Crippen LogP contribution in [0.5, 0.6) is 0 Å². The lowest BCUT2D eigenvalue weighted by Gasteiger charge is -2.27. The molecule has 0 aliphatic heterocycles. The van der Waals surface area contributed by atoms with E-state index in [1.165, 1.54) is 15.9 Å². The molecule has 0 spiro atoms. The van der Waals surface area contributed by atoms with Crippen molar-refractivity contribution in [2.24, 2.45) is 0 Å². The Labute approximate surface area is 167 Å². The zero-order valence-electron chi connectivity index (χ0n) is 14.2. The average Bonchev–Trinajstić information content (AvgIpc) is 2.65. The molecule has 0 aliphatic carbocycles. The first-order valence-electron chi connectivity index (χ1n) is 8.00. The van der Waals surface area contributed by atoms with Gasteiger partial charge in [0.2, 0.25) is 0 Å². The zero-order chi connectivity index (χ0) is 16.8. The number of hydrogen-bond donors (Lipinski definition) is 1. The summed E-state index contributed by atoms with van der Waals surface area (Å²) in [4.78, 5) is 11.4. The summed E-state index contributed by atoms with van der Waals surface area (Å²) in [6.45, 7) is 0. The van der Waals surface area contributed by atoms with Crippen LogP contribution in [0.15, 0.2) is 91.0 Å². The summed E-state index contributed by atoms with van der Waals surface area (Å²) in [6, 6.07) is 31.1. The van der Waals surface area contributed by atoms with Crippen LogP contribution in [0.25, 0.3) is 0 Å². The number of rotatable bonds is 6. The lowest BCUT2D eigenvalue weighted by molar-refractivity contribution is -0.136. The maximum atomic E-state index is 11.4. The van der Waals surface area contributed by atoms with Crippen LogP contribution in [-0.2, 0) is 4.79 Å². The van der Waals surface area contributed by atoms with Gasteiger partial charge in [0.1, 0.15) is 23.2 Å². The van der Waals surface area contributed by atoms with E-state index in [2.05, 4.69) is 36.4 Å². The van der Waals surface area contributed by atoms with E-state index in [-0.39, 0.29) is 31.2 Å². The van der Waals surface area contributed by atoms with E-state index in [4.69, 9.17) is 0 Å². The van der Waals surface area contributed by atoms with Gasteiger partial charge in [-0.1, -0.05) is 54.6 Å². The molecule has 0 heterocycles. The number of aliphatic carboxylic acids is 1. The smallest absolute Gasteiger partial charge is 0.307 e. The Balaban J connectivity index is 0.00000169. The van der Waals surface area contributed by atoms with Crippen LogP contribution in [0.4, 0.5) is 0 Å². The Morgan fingerprint density at radius 1 is 0.654 bits per heavy atom. The minimum atomic E-state index is -1.99. The molecule has 2 nitrogen and oxygen atoms in total. The number of halogens is 2.